The van der Waals surface area contributed by atoms with Crippen molar-refractivity contribution in [1.29, 1.82) is 0 Å². The summed E-state index contributed by atoms with van der Waals surface area (Å²) in [6.45, 7) is 11.1. The summed E-state index contributed by atoms with van der Waals surface area (Å²) in [6, 6.07) is 0.0860. The van der Waals surface area contributed by atoms with Crippen LogP contribution in [-0.2, 0) is 4.74 Å². The topological polar surface area (TPSA) is 55.6 Å². The minimum Gasteiger partial charge on any atom is -0.444 e. The Kier molecular flexibility index (Phi) is 4.36. The fraction of sp³-hybridized carbons (Fsp3) is 0.917. The van der Waals surface area contributed by atoms with E-state index in [0.717, 1.165) is 5.75 Å². The van der Waals surface area contributed by atoms with Crippen LogP contribution >= 0.6 is 11.8 Å². The highest BCUT2D eigenvalue weighted by molar-refractivity contribution is 8.00. The first-order valence-electron chi connectivity index (χ1n) is 5.98. The van der Waals surface area contributed by atoms with E-state index in [0.29, 0.717) is 13.1 Å². The van der Waals surface area contributed by atoms with Crippen LogP contribution in [0, 0.1) is 0 Å². The summed E-state index contributed by atoms with van der Waals surface area (Å²) >= 11 is 1.86. The van der Waals surface area contributed by atoms with Gasteiger partial charge in [0, 0.05) is 23.6 Å². The van der Waals surface area contributed by atoms with Crippen molar-refractivity contribution in [3.63, 3.8) is 0 Å². The van der Waals surface area contributed by atoms with Crippen molar-refractivity contribution in [3.05, 3.63) is 0 Å². The average molecular weight is 260 g/mol. The molecule has 17 heavy (non-hydrogen) atoms. The van der Waals surface area contributed by atoms with Crippen LogP contribution in [0.3, 0.4) is 0 Å². The molecule has 100 valence electrons. The number of rotatable bonds is 1. The second-order valence-electron chi connectivity index (χ2n) is 6.07. The van der Waals surface area contributed by atoms with Gasteiger partial charge in [0.2, 0.25) is 0 Å². The fourth-order valence-electron chi connectivity index (χ4n) is 1.73. The van der Waals surface area contributed by atoms with Crippen LogP contribution in [-0.4, -0.2) is 46.2 Å². The number of carbonyl (C=O) groups is 1. The maximum absolute atomic E-state index is 12.1. The zero-order valence-corrected chi connectivity index (χ0v) is 12.3. The van der Waals surface area contributed by atoms with E-state index < -0.39 is 5.60 Å². The summed E-state index contributed by atoms with van der Waals surface area (Å²) in [6.07, 6.45) is -0.249. The molecule has 1 aliphatic rings. The fourth-order valence-corrected chi connectivity index (χ4v) is 2.92. The second-order valence-corrected chi connectivity index (χ2v) is 7.80. The molecule has 4 nitrogen and oxygen atoms in total. The largest absolute Gasteiger partial charge is 0.444 e. The smallest absolute Gasteiger partial charge is 0.410 e. The third-order valence-electron chi connectivity index (χ3n) is 2.56. The van der Waals surface area contributed by atoms with Gasteiger partial charge in [0.25, 0.3) is 0 Å². The molecule has 5 heteroatoms. The molecule has 0 aliphatic carbocycles. The van der Waals surface area contributed by atoms with Gasteiger partial charge in [-0.05, 0) is 34.6 Å². The van der Waals surface area contributed by atoms with Crippen molar-refractivity contribution in [2.24, 2.45) is 5.73 Å². The molecular weight excluding hydrogens is 236 g/mol. The molecular formula is C12H24N2O2S. The van der Waals surface area contributed by atoms with E-state index in [1.165, 1.54) is 0 Å². The van der Waals surface area contributed by atoms with Gasteiger partial charge >= 0.3 is 6.09 Å². The Labute approximate surface area is 108 Å². The van der Waals surface area contributed by atoms with Crippen molar-refractivity contribution >= 4 is 17.9 Å². The molecule has 0 aromatic heterocycles. The van der Waals surface area contributed by atoms with Gasteiger partial charge in [-0.25, -0.2) is 4.79 Å². The maximum Gasteiger partial charge on any atom is 0.410 e. The predicted octanol–water partition coefficient (Wildman–Crippen LogP) is 2.08. The van der Waals surface area contributed by atoms with Gasteiger partial charge in [-0.2, -0.15) is 11.8 Å². The number of hydrogen-bond donors (Lipinski definition) is 1. The first kappa shape index (κ1) is 14.6. The minimum atomic E-state index is -0.453. The Hall–Kier alpha value is -0.420. The lowest BCUT2D eigenvalue weighted by Crippen LogP contribution is -2.55. The van der Waals surface area contributed by atoms with Crippen LogP contribution in [0.1, 0.15) is 34.6 Å². The van der Waals surface area contributed by atoms with E-state index in [2.05, 4.69) is 13.8 Å². The highest BCUT2D eigenvalue weighted by Crippen LogP contribution is 2.33. The van der Waals surface area contributed by atoms with Crippen molar-refractivity contribution in [1.82, 2.24) is 4.90 Å². The molecule has 0 radical (unpaired) electrons. The molecule has 1 rings (SSSR count). The van der Waals surface area contributed by atoms with E-state index >= 15 is 0 Å². The first-order chi connectivity index (χ1) is 7.64. The number of hydrogen-bond acceptors (Lipinski definition) is 4. The Bertz CT molecular complexity index is 287. The highest BCUT2D eigenvalue weighted by Gasteiger charge is 2.37. The normalized spacial score (nSPS) is 24.6. The number of ether oxygens (including phenoxy) is 1. The van der Waals surface area contributed by atoms with Gasteiger partial charge < -0.3 is 15.4 Å². The van der Waals surface area contributed by atoms with Crippen molar-refractivity contribution < 1.29 is 9.53 Å². The van der Waals surface area contributed by atoms with E-state index in [9.17, 15) is 4.79 Å². The summed E-state index contributed by atoms with van der Waals surface area (Å²) in [5.74, 6) is 0.878. The van der Waals surface area contributed by atoms with Gasteiger partial charge in [0.05, 0.1) is 6.04 Å². The summed E-state index contributed by atoms with van der Waals surface area (Å²) in [5, 5.41) is 0. The van der Waals surface area contributed by atoms with Crippen LogP contribution in [0.2, 0.25) is 0 Å². The lowest BCUT2D eigenvalue weighted by atomic mass is 10.1. The minimum absolute atomic E-state index is 0.0720. The average Bonchev–Trinajstić information content (AvgIpc) is 2.13. The summed E-state index contributed by atoms with van der Waals surface area (Å²) in [7, 11) is 0. The molecule has 1 saturated heterocycles. The molecule has 1 heterocycles. The number of thioether (sulfide) groups is 1. The molecule has 0 saturated carbocycles. The van der Waals surface area contributed by atoms with Crippen molar-refractivity contribution in [3.8, 4) is 0 Å². The van der Waals surface area contributed by atoms with E-state index in [-0.39, 0.29) is 16.9 Å². The van der Waals surface area contributed by atoms with Crippen LogP contribution in [0.25, 0.3) is 0 Å². The number of nitrogens with zero attached hydrogens (tertiary/aromatic N) is 1. The molecule has 2 N–H and O–H groups in total. The van der Waals surface area contributed by atoms with Gasteiger partial charge in [-0.3, -0.25) is 0 Å². The van der Waals surface area contributed by atoms with Crippen LogP contribution in [0.4, 0.5) is 4.79 Å². The lowest BCUT2D eigenvalue weighted by Gasteiger charge is -2.43. The third-order valence-corrected chi connectivity index (χ3v) is 4.02. The first-order valence-corrected chi connectivity index (χ1v) is 6.97. The Balaban J connectivity index is 2.73. The number of carbonyl (C=O) groups excluding carboxylic acids is 1. The maximum atomic E-state index is 12.1. The number of amides is 1. The molecule has 1 fully saturated rings. The van der Waals surface area contributed by atoms with Gasteiger partial charge in [-0.1, -0.05) is 0 Å². The van der Waals surface area contributed by atoms with Gasteiger partial charge in [-0.15, -0.1) is 0 Å². The second kappa shape index (κ2) is 5.06. The van der Waals surface area contributed by atoms with E-state index in [4.69, 9.17) is 10.5 Å². The molecule has 0 unspecified atom stereocenters. The quantitative estimate of drug-likeness (QED) is 0.784. The summed E-state index contributed by atoms with van der Waals surface area (Å²) < 4.78 is 5.50. The summed E-state index contributed by atoms with van der Waals surface area (Å²) in [5.41, 5.74) is 5.27. The molecule has 0 aromatic rings. The van der Waals surface area contributed by atoms with Crippen molar-refractivity contribution in [2.45, 2.75) is 51.0 Å². The Morgan fingerprint density at radius 3 is 2.59 bits per heavy atom. The zero-order valence-electron chi connectivity index (χ0n) is 11.4. The predicted molar refractivity (Wildman–Crippen MR) is 72.3 cm³/mol. The molecule has 1 amide bonds. The lowest BCUT2D eigenvalue weighted by molar-refractivity contribution is 0.0160. The van der Waals surface area contributed by atoms with Crippen molar-refractivity contribution in [2.75, 3.05) is 18.8 Å². The highest BCUT2D eigenvalue weighted by atomic mass is 32.2. The number of nitrogens with two attached hydrogens (primary N) is 1. The monoisotopic (exact) mass is 260 g/mol. The van der Waals surface area contributed by atoms with Gasteiger partial charge in [0.15, 0.2) is 0 Å². The third kappa shape index (κ3) is 4.39. The standard InChI is InChI=1S/C12H24N2O2S/c1-11(2,3)16-10(15)14-8-12(4,5)17-7-9(14)6-13/h9H,6-8,13H2,1-5H3/t9-/m1/s1. The molecule has 1 atom stereocenters. The molecule has 0 bridgehead atoms. The molecule has 0 spiro atoms. The van der Waals surface area contributed by atoms with Gasteiger partial charge in [0.1, 0.15) is 5.60 Å². The Morgan fingerprint density at radius 1 is 1.53 bits per heavy atom. The summed E-state index contributed by atoms with van der Waals surface area (Å²) in [4.78, 5) is 13.9. The molecule has 0 aromatic carbocycles. The van der Waals surface area contributed by atoms with Crippen LogP contribution in [0.5, 0.6) is 0 Å². The Morgan fingerprint density at radius 2 is 2.12 bits per heavy atom. The van der Waals surface area contributed by atoms with Crippen LogP contribution in [0.15, 0.2) is 0 Å². The van der Waals surface area contributed by atoms with E-state index in [1.807, 2.05) is 32.5 Å². The van der Waals surface area contributed by atoms with E-state index in [1.54, 1.807) is 4.90 Å². The SMILES string of the molecule is CC(C)(C)OC(=O)N1CC(C)(C)SC[C@H]1CN. The molecule has 1 aliphatic heterocycles. The van der Waals surface area contributed by atoms with Crippen LogP contribution < -0.4 is 5.73 Å². The zero-order chi connectivity index (χ0) is 13.3.